The number of hydrogen-bond acceptors (Lipinski definition) is 6. The first-order valence-electron chi connectivity index (χ1n) is 9.35. The minimum absolute atomic E-state index is 0.0858. The largest absolute Gasteiger partial charge is 0.459 e. The minimum Gasteiger partial charge on any atom is -0.459 e. The maximum Gasteiger partial charge on any atom is 0.293 e. The van der Waals surface area contributed by atoms with Crippen LogP contribution in [-0.4, -0.2) is 44.0 Å². The number of H-pyrrole nitrogens is 1. The lowest BCUT2D eigenvalue weighted by Crippen LogP contribution is -2.28. The van der Waals surface area contributed by atoms with Crippen molar-refractivity contribution in [1.29, 1.82) is 0 Å². The number of likely N-dealkylation sites (tertiary alicyclic amines) is 1. The Bertz CT molecular complexity index is 1070. The van der Waals surface area contributed by atoms with Gasteiger partial charge in [0.25, 0.3) is 5.89 Å². The van der Waals surface area contributed by atoms with E-state index in [0.29, 0.717) is 43.4 Å². The SMILES string of the molecule is O=C(CCc1nc2ccccc2[nH]1)N1CC[C@@H](c2noc(-c3ccco3)n2)C1. The highest BCUT2D eigenvalue weighted by Crippen LogP contribution is 2.28. The molecule has 0 spiro atoms. The predicted molar refractivity (Wildman–Crippen MR) is 100 cm³/mol. The molecule has 0 radical (unpaired) electrons. The van der Waals surface area contributed by atoms with Crippen LogP contribution < -0.4 is 0 Å². The summed E-state index contributed by atoms with van der Waals surface area (Å²) in [6, 6.07) is 11.4. The zero-order valence-electron chi connectivity index (χ0n) is 15.2. The predicted octanol–water partition coefficient (Wildman–Crippen LogP) is 3.15. The Labute approximate surface area is 160 Å². The highest BCUT2D eigenvalue weighted by atomic mass is 16.5. The molecule has 28 heavy (non-hydrogen) atoms. The number of nitrogens with zero attached hydrogens (tertiary/aromatic N) is 4. The van der Waals surface area contributed by atoms with Crippen molar-refractivity contribution in [2.45, 2.75) is 25.2 Å². The Kier molecular flexibility index (Phi) is 4.16. The molecule has 1 saturated heterocycles. The molecule has 4 heterocycles. The summed E-state index contributed by atoms with van der Waals surface area (Å²) in [5.74, 6) is 2.59. The van der Waals surface area contributed by atoms with Crippen LogP contribution in [0, 0.1) is 0 Å². The van der Waals surface area contributed by atoms with E-state index in [4.69, 9.17) is 8.94 Å². The first-order valence-corrected chi connectivity index (χ1v) is 9.35. The van der Waals surface area contributed by atoms with Crippen LogP contribution in [0.3, 0.4) is 0 Å². The average molecular weight is 377 g/mol. The van der Waals surface area contributed by atoms with Gasteiger partial charge in [-0.25, -0.2) is 4.98 Å². The molecular formula is C20H19N5O3. The molecule has 0 unspecified atom stereocenters. The summed E-state index contributed by atoms with van der Waals surface area (Å²) in [6.07, 6.45) is 3.42. The maximum absolute atomic E-state index is 12.6. The van der Waals surface area contributed by atoms with E-state index in [1.54, 1.807) is 18.4 Å². The molecule has 4 aromatic rings. The monoisotopic (exact) mass is 377 g/mol. The van der Waals surface area contributed by atoms with Gasteiger partial charge < -0.3 is 18.8 Å². The number of benzene rings is 1. The minimum atomic E-state index is 0.0858. The Morgan fingerprint density at radius 2 is 2.14 bits per heavy atom. The molecule has 1 aliphatic rings. The van der Waals surface area contributed by atoms with Gasteiger partial charge >= 0.3 is 0 Å². The number of aromatic amines is 1. The number of aromatic nitrogens is 4. The third-order valence-electron chi connectivity index (χ3n) is 5.09. The zero-order valence-corrected chi connectivity index (χ0v) is 15.2. The lowest BCUT2D eigenvalue weighted by molar-refractivity contribution is -0.130. The van der Waals surface area contributed by atoms with Crippen molar-refractivity contribution >= 4 is 16.9 Å². The van der Waals surface area contributed by atoms with Crippen LogP contribution in [0.25, 0.3) is 22.7 Å². The molecule has 5 rings (SSSR count). The number of amides is 1. The second kappa shape index (κ2) is 6.95. The van der Waals surface area contributed by atoms with Gasteiger partial charge in [0.15, 0.2) is 11.6 Å². The number of carbonyl (C=O) groups excluding carboxylic acids is 1. The quantitative estimate of drug-likeness (QED) is 0.573. The lowest BCUT2D eigenvalue weighted by atomic mass is 10.1. The van der Waals surface area contributed by atoms with Crippen LogP contribution in [0.1, 0.15) is 30.4 Å². The number of furan rings is 1. The zero-order chi connectivity index (χ0) is 18.9. The number of aryl methyl sites for hydroxylation is 1. The van der Waals surface area contributed by atoms with E-state index in [-0.39, 0.29) is 11.8 Å². The van der Waals surface area contributed by atoms with Crippen molar-refractivity contribution < 1.29 is 13.7 Å². The van der Waals surface area contributed by atoms with E-state index in [2.05, 4.69) is 20.1 Å². The Morgan fingerprint density at radius 1 is 1.21 bits per heavy atom. The van der Waals surface area contributed by atoms with E-state index < -0.39 is 0 Å². The summed E-state index contributed by atoms with van der Waals surface area (Å²) in [7, 11) is 0. The second-order valence-corrected chi connectivity index (χ2v) is 6.96. The standard InChI is InChI=1S/C20H19N5O3/c26-18(8-7-17-21-14-4-1-2-5-15(14)22-17)25-10-9-13(12-25)19-23-20(28-24-19)16-6-3-11-27-16/h1-6,11,13H,7-10,12H2,(H,21,22)/t13-/m1/s1. The highest BCUT2D eigenvalue weighted by molar-refractivity contribution is 5.77. The smallest absolute Gasteiger partial charge is 0.293 e. The molecule has 1 aromatic carbocycles. The first-order chi connectivity index (χ1) is 13.8. The lowest BCUT2D eigenvalue weighted by Gasteiger charge is -2.15. The number of nitrogens with one attached hydrogen (secondary N) is 1. The van der Waals surface area contributed by atoms with Crippen molar-refractivity contribution in [3.05, 3.63) is 54.3 Å². The van der Waals surface area contributed by atoms with E-state index in [9.17, 15) is 4.79 Å². The molecule has 0 aliphatic carbocycles. The molecule has 3 aromatic heterocycles. The molecule has 1 N–H and O–H groups in total. The topological polar surface area (TPSA) is 101 Å². The summed E-state index contributed by atoms with van der Waals surface area (Å²) in [6.45, 7) is 1.31. The molecule has 142 valence electrons. The maximum atomic E-state index is 12.6. The number of para-hydroxylation sites is 2. The van der Waals surface area contributed by atoms with Crippen molar-refractivity contribution in [3.63, 3.8) is 0 Å². The number of carbonyl (C=O) groups is 1. The van der Waals surface area contributed by atoms with Crippen LogP contribution in [0.4, 0.5) is 0 Å². The summed E-state index contributed by atoms with van der Waals surface area (Å²) in [5.41, 5.74) is 1.92. The van der Waals surface area contributed by atoms with Crippen LogP contribution >= 0.6 is 0 Å². The Morgan fingerprint density at radius 3 is 3.00 bits per heavy atom. The molecule has 0 saturated carbocycles. The summed E-state index contributed by atoms with van der Waals surface area (Å²) in [4.78, 5) is 26.7. The van der Waals surface area contributed by atoms with E-state index in [1.165, 1.54) is 0 Å². The molecular weight excluding hydrogens is 358 g/mol. The second-order valence-electron chi connectivity index (χ2n) is 6.96. The number of imidazole rings is 1. The number of hydrogen-bond donors (Lipinski definition) is 1. The van der Waals surface area contributed by atoms with Gasteiger partial charge in [-0.05, 0) is 30.7 Å². The van der Waals surface area contributed by atoms with Crippen LogP contribution in [0.5, 0.6) is 0 Å². The molecule has 8 nitrogen and oxygen atoms in total. The van der Waals surface area contributed by atoms with Gasteiger partial charge in [0.05, 0.1) is 17.3 Å². The van der Waals surface area contributed by atoms with Gasteiger partial charge in [0, 0.05) is 31.8 Å². The summed E-state index contributed by atoms with van der Waals surface area (Å²) in [5, 5.41) is 4.07. The molecule has 8 heteroatoms. The van der Waals surface area contributed by atoms with E-state index >= 15 is 0 Å². The van der Waals surface area contributed by atoms with Crippen molar-refractivity contribution in [1.82, 2.24) is 25.0 Å². The highest BCUT2D eigenvalue weighted by Gasteiger charge is 2.30. The van der Waals surface area contributed by atoms with Crippen LogP contribution in [0.2, 0.25) is 0 Å². The van der Waals surface area contributed by atoms with Gasteiger partial charge in [-0.3, -0.25) is 4.79 Å². The molecule has 1 aliphatic heterocycles. The normalized spacial score (nSPS) is 16.9. The number of fused-ring (bicyclic) bond motifs is 1. The Hall–Kier alpha value is -3.42. The first kappa shape index (κ1) is 16.7. The fourth-order valence-electron chi connectivity index (χ4n) is 3.61. The van der Waals surface area contributed by atoms with Crippen molar-refractivity contribution in [2.24, 2.45) is 0 Å². The molecule has 1 atom stereocenters. The van der Waals surface area contributed by atoms with Gasteiger partial charge in [-0.2, -0.15) is 4.98 Å². The van der Waals surface area contributed by atoms with Crippen LogP contribution in [0.15, 0.2) is 51.6 Å². The Balaban J connectivity index is 1.19. The molecule has 0 bridgehead atoms. The third kappa shape index (κ3) is 3.17. The fourth-order valence-corrected chi connectivity index (χ4v) is 3.61. The van der Waals surface area contributed by atoms with Crippen molar-refractivity contribution in [3.8, 4) is 11.7 Å². The fraction of sp³-hybridized carbons (Fsp3) is 0.300. The number of rotatable bonds is 5. The van der Waals surface area contributed by atoms with Gasteiger partial charge in [0.1, 0.15) is 5.82 Å². The molecule has 1 amide bonds. The summed E-state index contributed by atoms with van der Waals surface area (Å²) >= 11 is 0. The van der Waals surface area contributed by atoms with Crippen LogP contribution in [-0.2, 0) is 11.2 Å². The van der Waals surface area contributed by atoms with Crippen molar-refractivity contribution in [2.75, 3.05) is 13.1 Å². The molecule has 1 fully saturated rings. The van der Waals surface area contributed by atoms with Gasteiger partial charge in [-0.15, -0.1) is 0 Å². The van der Waals surface area contributed by atoms with Gasteiger partial charge in [-0.1, -0.05) is 17.3 Å². The average Bonchev–Trinajstić information content (AvgIpc) is 3.50. The third-order valence-corrected chi connectivity index (χ3v) is 5.09. The van der Waals surface area contributed by atoms with E-state index in [0.717, 1.165) is 23.3 Å². The summed E-state index contributed by atoms with van der Waals surface area (Å²) < 4.78 is 10.6. The van der Waals surface area contributed by atoms with Gasteiger partial charge in [0.2, 0.25) is 5.91 Å². The van der Waals surface area contributed by atoms with E-state index in [1.807, 2.05) is 29.2 Å².